The van der Waals surface area contributed by atoms with Crippen LogP contribution in [0.25, 0.3) is 0 Å². The minimum Gasteiger partial charge on any atom is -0.267 e. The molecular weight excluding hydrogens is 359 g/mol. The van der Waals surface area contributed by atoms with Gasteiger partial charge in [0.2, 0.25) is 0 Å². The van der Waals surface area contributed by atoms with E-state index in [1.807, 2.05) is 35.7 Å². The van der Waals surface area contributed by atoms with E-state index >= 15 is 0 Å². The Labute approximate surface area is 153 Å². The van der Waals surface area contributed by atoms with Crippen molar-refractivity contribution < 1.29 is 14.0 Å². The standard InChI is InChI=1S/C18H17FN2O2S2/c19-15-8-6-13(7-9-15)17(23)21-20-16(22)12-2-4-14(5-3-12)18-24-10-1-11-25-18/h2-9,18H,1,10-11H2,(H,20,22)(H,21,23). The van der Waals surface area contributed by atoms with Crippen LogP contribution in [0.15, 0.2) is 48.5 Å². The molecule has 1 heterocycles. The van der Waals surface area contributed by atoms with E-state index < -0.39 is 17.6 Å². The number of benzene rings is 2. The van der Waals surface area contributed by atoms with E-state index in [9.17, 15) is 14.0 Å². The van der Waals surface area contributed by atoms with Crippen LogP contribution in [0.4, 0.5) is 4.39 Å². The molecule has 1 aliphatic rings. The van der Waals surface area contributed by atoms with Crippen LogP contribution >= 0.6 is 23.5 Å². The minimum absolute atomic E-state index is 0.267. The number of amides is 2. The number of hydrogen-bond donors (Lipinski definition) is 2. The maximum Gasteiger partial charge on any atom is 0.269 e. The van der Waals surface area contributed by atoms with Crippen molar-refractivity contribution >= 4 is 35.3 Å². The molecule has 0 unspecified atom stereocenters. The predicted octanol–water partition coefficient (Wildman–Crippen LogP) is 3.77. The van der Waals surface area contributed by atoms with Crippen molar-refractivity contribution in [1.82, 2.24) is 10.9 Å². The fraction of sp³-hybridized carbons (Fsp3) is 0.222. The van der Waals surface area contributed by atoms with Gasteiger partial charge in [0, 0.05) is 11.1 Å². The molecule has 1 fully saturated rings. The molecule has 0 aromatic heterocycles. The first-order chi connectivity index (χ1) is 12.1. The molecule has 0 saturated carbocycles. The average molecular weight is 376 g/mol. The van der Waals surface area contributed by atoms with Crippen LogP contribution in [0.1, 0.15) is 37.3 Å². The van der Waals surface area contributed by atoms with Crippen LogP contribution in [0, 0.1) is 5.82 Å². The number of thioether (sulfide) groups is 2. The monoisotopic (exact) mass is 376 g/mol. The molecule has 1 saturated heterocycles. The summed E-state index contributed by atoms with van der Waals surface area (Å²) in [4.78, 5) is 24.0. The van der Waals surface area contributed by atoms with Crippen LogP contribution < -0.4 is 10.9 Å². The predicted molar refractivity (Wildman–Crippen MR) is 100 cm³/mol. The molecule has 130 valence electrons. The lowest BCUT2D eigenvalue weighted by Gasteiger charge is -2.21. The zero-order valence-corrected chi connectivity index (χ0v) is 15.0. The van der Waals surface area contributed by atoms with Gasteiger partial charge < -0.3 is 0 Å². The maximum absolute atomic E-state index is 12.8. The molecule has 2 aromatic rings. The van der Waals surface area contributed by atoms with Gasteiger partial charge in [-0.2, -0.15) is 0 Å². The third kappa shape index (κ3) is 4.76. The molecule has 0 spiro atoms. The number of carbonyl (C=O) groups is 2. The Balaban J connectivity index is 1.55. The molecule has 2 N–H and O–H groups in total. The normalized spacial score (nSPS) is 14.8. The summed E-state index contributed by atoms with van der Waals surface area (Å²) in [6.45, 7) is 0. The van der Waals surface area contributed by atoms with Crippen molar-refractivity contribution in [3.63, 3.8) is 0 Å². The Morgan fingerprint density at radius 1 is 0.840 bits per heavy atom. The average Bonchev–Trinajstić information content (AvgIpc) is 2.67. The van der Waals surface area contributed by atoms with E-state index in [2.05, 4.69) is 10.9 Å². The first-order valence-electron chi connectivity index (χ1n) is 7.83. The number of hydrogen-bond acceptors (Lipinski definition) is 4. The first kappa shape index (κ1) is 17.8. The summed E-state index contributed by atoms with van der Waals surface area (Å²) >= 11 is 3.84. The van der Waals surface area contributed by atoms with E-state index in [1.54, 1.807) is 12.1 Å². The van der Waals surface area contributed by atoms with Gasteiger partial charge in [0.05, 0.1) is 4.58 Å². The second kappa shape index (κ2) is 8.40. The Morgan fingerprint density at radius 3 is 1.84 bits per heavy atom. The zero-order chi connectivity index (χ0) is 17.6. The van der Waals surface area contributed by atoms with E-state index in [1.165, 1.54) is 36.2 Å². The topological polar surface area (TPSA) is 58.2 Å². The van der Waals surface area contributed by atoms with Crippen molar-refractivity contribution in [2.45, 2.75) is 11.0 Å². The van der Waals surface area contributed by atoms with Gasteiger partial charge in [-0.1, -0.05) is 12.1 Å². The highest BCUT2D eigenvalue weighted by molar-refractivity contribution is 8.16. The van der Waals surface area contributed by atoms with E-state index in [0.717, 1.165) is 11.5 Å². The van der Waals surface area contributed by atoms with Crippen LogP contribution in [0.3, 0.4) is 0 Å². The number of hydrazine groups is 1. The van der Waals surface area contributed by atoms with Gasteiger partial charge in [0.25, 0.3) is 11.8 Å². The van der Waals surface area contributed by atoms with Gasteiger partial charge in [-0.15, -0.1) is 23.5 Å². The fourth-order valence-corrected chi connectivity index (χ4v) is 5.23. The SMILES string of the molecule is O=C(NNC(=O)c1ccc(C2SCCCS2)cc1)c1ccc(F)cc1. The molecule has 0 radical (unpaired) electrons. The Bertz CT molecular complexity index is 745. The minimum atomic E-state index is -0.500. The first-order valence-corrected chi connectivity index (χ1v) is 9.92. The largest absolute Gasteiger partial charge is 0.269 e. The lowest BCUT2D eigenvalue weighted by atomic mass is 10.1. The van der Waals surface area contributed by atoms with Crippen molar-refractivity contribution in [1.29, 1.82) is 0 Å². The quantitative estimate of drug-likeness (QED) is 0.801. The number of nitrogens with one attached hydrogen (secondary N) is 2. The smallest absolute Gasteiger partial charge is 0.267 e. The lowest BCUT2D eigenvalue weighted by Crippen LogP contribution is -2.41. The molecule has 1 aliphatic heterocycles. The zero-order valence-electron chi connectivity index (χ0n) is 13.3. The van der Waals surface area contributed by atoms with Gasteiger partial charge >= 0.3 is 0 Å². The third-order valence-corrected chi connectivity index (χ3v) is 6.68. The summed E-state index contributed by atoms with van der Waals surface area (Å²) in [5.74, 6) is 1.01. The molecule has 0 bridgehead atoms. The molecule has 0 atom stereocenters. The van der Waals surface area contributed by atoms with Crippen LogP contribution in [-0.2, 0) is 0 Å². The summed E-state index contributed by atoms with van der Waals surface area (Å²) in [7, 11) is 0. The van der Waals surface area contributed by atoms with E-state index in [0.29, 0.717) is 10.1 Å². The second-order valence-electron chi connectivity index (χ2n) is 5.46. The van der Waals surface area contributed by atoms with Crippen molar-refractivity contribution in [3.05, 3.63) is 71.0 Å². The van der Waals surface area contributed by atoms with E-state index in [-0.39, 0.29) is 5.56 Å². The maximum atomic E-state index is 12.8. The molecule has 3 rings (SSSR count). The van der Waals surface area contributed by atoms with Gasteiger partial charge in [0.15, 0.2) is 0 Å². The molecule has 2 amide bonds. The molecule has 4 nitrogen and oxygen atoms in total. The molecule has 0 aliphatic carbocycles. The summed E-state index contributed by atoms with van der Waals surface area (Å²) in [5, 5.41) is 0. The highest BCUT2D eigenvalue weighted by Gasteiger charge is 2.17. The van der Waals surface area contributed by atoms with Crippen molar-refractivity contribution in [2.24, 2.45) is 0 Å². The summed E-state index contributed by atoms with van der Waals surface area (Å²) in [6, 6.07) is 12.5. The van der Waals surface area contributed by atoms with Crippen LogP contribution in [0.2, 0.25) is 0 Å². The molecular formula is C18H17FN2O2S2. The van der Waals surface area contributed by atoms with Crippen LogP contribution in [-0.4, -0.2) is 23.3 Å². The Morgan fingerprint density at radius 2 is 1.32 bits per heavy atom. The summed E-state index contributed by atoms with van der Waals surface area (Å²) in [5.41, 5.74) is 6.62. The van der Waals surface area contributed by atoms with Crippen molar-refractivity contribution in [2.75, 3.05) is 11.5 Å². The van der Waals surface area contributed by atoms with Gasteiger partial charge in [0.1, 0.15) is 5.82 Å². The number of carbonyl (C=O) groups excluding carboxylic acids is 2. The highest BCUT2D eigenvalue weighted by Crippen LogP contribution is 2.43. The van der Waals surface area contributed by atoms with Crippen LogP contribution in [0.5, 0.6) is 0 Å². The Hall–Kier alpha value is -1.99. The highest BCUT2D eigenvalue weighted by atomic mass is 32.2. The summed E-state index contributed by atoms with van der Waals surface area (Å²) in [6.07, 6.45) is 1.24. The molecule has 7 heteroatoms. The lowest BCUT2D eigenvalue weighted by molar-refractivity contribution is 0.0846. The molecule has 2 aromatic carbocycles. The Kier molecular flexibility index (Phi) is 5.99. The van der Waals surface area contributed by atoms with Gasteiger partial charge in [-0.25, -0.2) is 4.39 Å². The number of rotatable bonds is 3. The number of halogens is 1. The van der Waals surface area contributed by atoms with Crippen molar-refractivity contribution in [3.8, 4) is 0 Å². The van der Waals surface area contributed by atoms with Gasteiger partial charge in [-0.3, -0.25) is 20.4 Å². The summed E-state index contributed by atoms with van der Waals surface area (Å²) < 4.78 is 13.3. The third-order valence-electron chi connectivity index (χ3n) is 3.67. The van der Waals surface area contributed by atoms with E-state index in [4.69, 9.17) is 0 Å². The molecule has 25 heavy (non-hydrogen) atoms. The fourth-order valence-electron chi connectivity index (χ4n) is 2.33. The second-order valence-corrected chi connectivity index (χ2v) is 8.19. The van der Waals surface area contributed by atoms with Gasteiger partial charge in [-0.05, 0) is 59.9 Å².